The fourth-order valence-electron chi connectivity index (χ4n) is 4.79. The van der Waals surface area contributed by atoms with Gasteiger partial charge in [-0.1, -0.05) is 82.6 Å². The molecule has 0 radical (unpaired) electrons. The van der Waals surface area contributed by atoms with Gasteiger partial charge in [-0.15, -0.1) is 0 Å². The first-order valence-electron chi connectivity index (χ1n) is 12.4. The molecule has 1 aliphatic carbocycles. The zero-order chi connectivity index (χ0) is 23.7. The molecule has 0 aromatic heterocycles. The van der Waals surface area contributed by atoms with Crippen molar-refractivity contribution in [3.63, 3.8) is 0 Å². The van der Waals surface area contributed by atoms with Crippen molar-refractivity contribution < 1.29 is 22.3 Å². The fourth-order valence-corrected chi connectivity index (χ4v) is 4.79. The summed E-state index contributed by atoms with van der Waals surface area (Å²) >= 11 is 0. The van der Waals surface area contributed by atoms with Crippen LogP contribution in [0.4, 0.5) is 17.6 Å². The zero-order valence-electron chi connectivity index (χ0n) is 19.6. The summed E-state index contributed by atoms with van der Waals surface area (Å²) < 4.78 is 58.9. The van der Waals surface area contributed by atoms with E-state index in [0.717, 1.165) is 36.0 Å². The van der Waals surface area contributed by atoms with Crippen LogP contribution in [0.25, 0.3) is 0 Å². The molecular formula is C28H36F4O. The van der Waals surface area contributed by atoms with Crippen LogP contribution >= 0.6 is 0 Å². The minimum Gasteiger partial charge on any atom is -0.432 e. The summed E-state index contributed by atoms with van der Waals surface area (Å²) in [5.74, 6) is -0.959. The number of aryl methyl sites for hydroxylation is 2. The minimum atomic E-state index is -3.46. The van der Waals surface area contributed by atoms with Gasteiger partial charge in [-0.25, -0.2) is 8.78 Å². The maximum absolute atomic E-state index is 14.1. The Morgan fingerprint density at radius 3 is 2.00 bits per heavy atom. The number of unbranched alkanes of at least 4 members (excludes halogenated alkanes) is 2. The summed E-state index contributed by atoms with van der Waals surface area (Å²) in [4.78, 5) is 0. The number of alkyl halides is 2. The van der Waals surface area contributed by atoms with E-state index in [2.05, 4.69) is 11.7 Å². The summed E-state index contributed by atoms with van der Waals surface area (Å²) in [5, 5.41) is 0. The van der Waals surface area contributed by atoms with Crippen molar-refractivity contribution in [1.82, 2.24) is 0 Å². The first-order chi connectivity index (χ1) is 15.8. The molecule has 2 aromatic rings. The molecule has 0 saturated heterocycles. The van der Waals surface area contributed by atoms with E-state index in [4.69, 9.17) is 0 Å². The second-order valence-electron chi connectivity index (χ2n) is 9.55. The highest BCUT2D eigenvalue weighted by atomic mass is 19.3. The number of benzene rings is 2. The topological polar surface area (TPSA) is 9.23 Å². The lowest BCUT2D eigenvalue weighted by Gasteiger charge is -2.28. The van der Waals surface area contributed by atoms with Crippen molar-refractivity contribution in [2.24, 2.45) is 11.8 Å². The Labute approximate surface area is 195 Å². The number of ether oxygens (including phenoxy) is 1. The third kappa shape index (κ3) is 8.68. The third-order valence-electron chi connectivity index (χ3n) is 6.91. The van der Waals surface area contributed by atoms with Crippen LogP contribution in [0.1, 0.15) is 82.3 Å². The lowest BCUT2D eigenvalue weighted by atomic mass is 9.78. The number of hydrogen-bond acceptors (Lipinski definition) is 1. The van der Waals surface area contributed by atoms with E-state index in [-0.39, 0.29) is 12.2 Å². The Morgan fingerprint density at radius 1 is 0.788 bits per heavy atom. The van der Waals surface area contributed by atoms with Gasteiger partial charge in [-0.2, -0.15) is 8.78 Å². The number of hydrogen-bond donors (Lipinski definition) is 0. The van der Waals surface area contributed by atoms with E-state index in [0.29, 0.717) is 6.07 Å². The van der Waals surface area contributed by atoms with E-state index >= 15 is 0 Å². The Balaban J connectivity index is 1.38. The lowest BCUT2D eigenvalue weighted by molar-refractivity contribution is -0.180. The van der Waals surface area contributed by atoms with E-state index in [1.165, 1.54) is 63.4 Å². The highest BCUT2D eigenvalue weighted by Gasteiger charge is 2.31. The van der Waals surface area contributed by atoms with Gasteiger partial charge in [0.05, 0.1) is 6.42 Å². The van der Waals surface area contributed by atoms with Gasteiger partial charge in [-0.05, 0) is 54.4 Å². The molecule has 3 rings (SSSR count). The summed E-state index contributed by atoms with van der Waals surface area (Å²) in [6, 6.07) is 10.3. The van der Waals surface area contributed by atoms with E-state index in [9.17, 15) is 17.6 Å². The summed E-state index contributed by atoms with van der Waals surface area (Å²) in [6.07, 6.45) is 9.20. The predicted octanol–water partition coefficient (Wildman–Crippen LogP) is 8.89. The van der Waals surface area contributed by atoms with Crippen molar-refractivity contribution in [1.29, 1.82) is 0 Å². The molecule has 0 heterocycles. The molecule has 1 saturated carbocycles. The van der Waals surface area contributed by atoms with Crippen molar-refractivity contribution in [2.45, 2.75) is 90.1 Å². The van der Waals surface area contributed by atoms with Gasteiger partial charge in [-0.3, -0.25) is 0 Å². The summed E-state index contributed by atoms with van der Waals surface area (Å²) in [6.45, 7) is 2.26. The maximum Gasteiger partial charge on any atom is 0.398 e. The van der Waals surface area contributed by atoms with Crippen molar-refractivity contribution in [3.05, 3.63) is 65.2 Å². The highest BCUT2D eigenvalue weighted by molar-refractivity contribution is 5.25. The molecule has 1 aliphatic rings. The van der Waals surface area contributed by atoms with E-state index in [1.54, 1.807) is 0 Å². The van der Waals surface area contributed by atoms with Crippen LogP contribution in [0.5, 0.6) is 5.75 Å². The minimum absolute atomic E-state index is 0.138. The summed E-state index contributed by atoms with van der Waals surface area (Å²) in [5.41, 5.74) is 2.05. The van der Waals surface area contributed by atoms with Crippen LogP contribution in [0, 0.1) is 23.5 Å². The van der Waals surface area contributed by atoms with Gasteiger partial charge in [0.25, 0.3) is 0 Å². The van der Waals surface area contributed by atoms with Gasteiger partial charge in [0, 0.05) is 6.07 Å². The van der Waals surface area contributed by atoms with Gasteiger partial charge in [0.2, 0.25) is 0 Å². The average Bonchev–Trinajstić information content (AvgIpc) is 2.80. The monoisotopic (exact) mass is 464 g/mol. The fraction of sp³-hybridized carbons (Fsp3) is 0.571. The molecule has 0 bridgehead atoms. The van der Waals surface area contributed by atoms with Crippen LogP contribution in [-0.2, 0) is 12.8 Å². The predicted molar refractivity (Wildman–Crippen MR) is 125 cm³/mol. The van der Waals surface area contributed by atoms with Gasteiger partial charge in [0.15, 0.2) is 11.6 Å². The Bertz CT molecular complexity index is 841. The Morgan fingerprint density at radius 2 is 1.39 bits per heavy atom. The molecule has 1 fully saturated rings. The van der Waals surface area contributed by atoms with Crippen molar-refractivity contribution in [3.8, 4) is 5.75 Å². The third-order valence-corrected chi connectivity index (χ3v) is 6.91. The van der Waals surface area contributed by atoms with Crippen LogP contribution in [-0.4, -0.2) is 6.11 Å². The molecular weight excluding hydrogens is 428 g/mol. The highest BCUT2D eigenvalue weighted by Crippen LogP contribution is 2.34. The van der Waals surface area contributed by atoms with Crippen LogP contribution < -0.4 is 4.74 Å². The first-order valence-corrected chi connectivity index (χ1v) is 12.4. The quantitative estimate of drug-likeness (QED) is 0.225. The van der Waals surface area contributed by atoms with Gasteiger partial charge < -0.3 is 4.74 Å². The summed E-state index contributed by atoms with van der Waals surface area (Å²) in [7, 11) is 0. The SMILES string of the molecule is CCCCCC1CCC(CCc2ccc(CCC(F)(F)Oc3ccc(F)c(F)c3)cc2)CC1. The second kappa shape index (κ2) is 12.4. The standard InChI is InChI=1S/C28H36F4O/c1-2-3-4-5-21-6-8-22(9-7-21)10-11-23-12-14-24(15-13-23)18-19-28(31,32)33-25-16-17-26(29)27(30)20-25/h12-17,20-22H,2-11,18-19H2,1H3. The molecule has 0 spiro atoms. The van der Waals surface area contributed by atoms with Crippen LogP contribution in [0.15, 0.2) is 42.5 Å². The zero-order valence-corrected chi connectivity index (χ0v) is 19.6. The van der Waals surface area contributed by atoms with Crippen molar-refractivity contribution >= 4 is 0 Å². The Hall–Kier alpha value is -2.04. The lowest BCUT2D eigenvalue weighted by Crippen LogP contribution is -2.25. The first kappa shape index (κ1) is 25.6. The molecule has 5 heteroatoms. The number of rotatable bonds is 12. The van der Waals surface area contributed by atoms with Gasteiger partial charge in [0.1, 0.15) is 5.75 Å². The molecule has 0 aliphatic heterocycles. The molecule has 33 heavy (non-hydrogen) atoms. The smallest absolute Gasteiger partial charge is 0.398 e. The second-order valence-corrected chi connectivity index (χ2v) is 9.55. The van der Waals surface area contributed by atoms with Crippen molar-refractivity contribution in [2.75, 3.05) is 0 Å². The molecule has 0 atom stereocenters. The normalized spacial score (nSPS) is 18.9. The molecule has 1 nitrogen and oxygen atoms in total. The average molecular weight is 465 g/mol. The van der Waals surface area contributed by atoms with Gasteiger partial charge >= 0.3 is 6.11 Å². The number of halogens is 4. The Kier molecular flexibility index (Phi) is 9.64. The van der Waals surface area contributed by atoms with Crippen LogP contribution in [0.2, 0.25) is 0 Å². The molecule has 0 N–H and O–H groups in total. The largest absolute Gasteiger partial charge is 0.432 e. The van der Waals surface area contributed by atoms with E-state index in [1.807, 2.05) is 24.3 Å². The molecule has 182 valence electrons. The molecule has 0 amide bonds. The van der Waals surface area contributed by atoms with E-state index < -0.39 is 24.2 Å². The molecule has 2 aromatic carbocycles. The molecule has 0 unspecified atom stereocenters. The maximum atomic E-state index is 14.1. The van der Waals surface area contributed by atoms with Crippen LogP contribution in [0.3, 0.4) is 0 Å².